The fourth-order valence-corrected chi connectivity index (χ4v) is 3.15. The second-order valence-electron chi connectivity index (χ2n) is 4.79. The molecule has 1 fully saturated rings. The first kappa shape index (κ1) is 15.8. The van der Waals surface area contributed by atoms with Gasteiger partial charge in [-0.15, -0.1) is 0 Å². The molecule has 0 bridgehead atoms. The molecule has 0 aromatic carbocycles. The molecule has 0 spiro atoms. The summed E-state index contributed by atoms with van der Waals surface area (Å²) < 4.78 is 38.3. The maximum absolute atomic E-state index is 11.0. The van der Waals surface area contributed by atoms with Gasteiger partial charge in [-0.3, -0.25) is 0 Å². The van der Waals surface area contributed by atoms with E-state index in [2.05, 4.69) is 0 Å². The van der Waals surface area contributed by atoms with Crippen LogP contribution in [0.2, 0.25) is 0 Å². The third-order valence-corrected chi connectivity index (χ3v) is 4.01. The first-order valence-electron chi connectivity index (χ1n) is 4.29. The van der Waals surface area contributed by atoms with Crippen molar-refractivity contribution in [3.63, 3.8) is 0 Å². The van der Waals surface area contributed by atoms with Crippen LogP contribution in [0, 0.1) is 0 Å². The fourth-order valence-electron chi connectivity index (χ4n) is 1.99. The Kier molecular flexibility index (Phi) is 4.16. The van der Waals surface area contributed by atoms with E-state index in [0.717, 1.165) is 0 Å². The van der Waals surface area contributed by atoms with E-state index in [4.69, 9.17) is 4.74 Å². The molecular formula is C8H15NaO5S. The zero-order valence-corrected chi connectivity index (χ0v) is 12.5. The van der Waals surface area contributed by atoms with Crippen molar-refractivity contribution >= 4 is 10.1 Å². The van der Waals surface area contributed by atoms with E-state index in [0.29, 0.717) is 0 Å². The molecule has 0 aromatic heterocycles. The SMILES string of the molecule is CC1(C)CC(O)(S(=O)(=O)[O-])C(C)(C)O1.[Na+]. The van der Waals surface area contributed by atoms with Gasteiger partial charge in [-0.1, -0.05) is 0 Å². The van der Waals surface area contributed by atoms with Crippen molar-refractivity contribution in [2.24, 2.45) is 0 Å². The molecule has 0 saturated carbocycles. The van der Waals surface area contributed by atoms with Gasteiger partial charge in [-0.2, -0.15) is 0 Å². The van der Waals surface area contributed by atoms with Gasteiger partial charge >= 0.3 is 29.6 Å². The van der Waals surface area contributed by atoms with Crippen molar-refractivity contribution in [2.75, 3.05) is 0 Å². The van der Waals surface area contributed by atoms with E-state index < -0.39 is 26.3 Å². The Morgan fingerprint density at radius 3 is 1.80 bits per heavy atom. The van der Waals surface area contributed by atoms with E-state index in [1.807, 2.05) is 0 Å². The van der Waals surface area contributed by atoms with Gasteiger partial charge in [0.05, 0.1) is 5.60 Å². The quantitative estimate of drug-likeness (QED) is 0.399. The smallest absolute Gasteiger partial charge is 0.746 e. The first-order valence-corrected chi connectivity index (χ1v) is 5.70. The molecule has 1 aliphatic rings. The van der Waals surface area contributed by atoms with Crippen LogP contribution in [-0.2, 0) is 14.9 Å². The third kappa shape index (κ3) is 2.57. The summed E-state index contributed by atoms with van der Waals surface area (Å²) in [5.74, 6) is 0. The van der Waals surface area contributed by atoms with Crippen molar-refractivity contribution in [1.82, 2.24) is 0 Å². The Morgan fingerprint density at radius 2 is 1.67 bits per heavy atom. The normalized spacial score (nSPS) is 33.5. The number of hydrogen-bond donors (Lipinski definition) is 1. The minimum Gasteiger partial charge on any atom is -0.746 e. The molecule has 7 heteroatoms. The van der Waals surface area contributed by atoms with E-state index >= 15 is 0 Å². The molecule has 1 saturated heterocycles. The molecular weight excluding hydrogens is 231 g/mol. The monoisotopic (exact) mass is 246 g/mol. The van der Waals surface area contributed by atoms with E-state index in [9.17, 15) is 18.1 Å². The topological polar surface area (TPSA) is 86.7 Å². The minimum atomic E-state index is -4.80. The first-order chi connectivity index (χ1) is 5.91. The number of aliphatic hydroxyl groups is 1. The van der Waals surface area contributed by atoms with Crippen LogP contribution in [0.1, 0.15) is 34.1 Å². The van der Waals surface area contributed by atoms with Crippen molar-refractivity contribution in [3.05, 3.63) is 0 Å². The van der Waals surface area contributed by atoms with Gasteiger partial charge in [0, 0.05) is 6.42 Å². The molecule has 84 valence electrons. The zero-order chi connectivity index (χ0) is 11.4. The molecule has 1 atom stereocenters. The summed E-state index contributed by atoms with van der Waals surface area (Å²) in [5, 5.41) is 9.87. The van der Waals surface area contributed by atoms with Gasteiger partial charge in [0.2, 0.25) is 0 Å². The van der Waals surface area contributed by atoms with Crippen LogP contribution in [0.5, 0.6) is 0 Å². The Hall–Kier alpha value is 0.830. The van der Waals surface area contributed by atoms with Crippen LogP contribution < -0.4 is 29.6 Å². The average molecular weight is 246 g/mol. The Bertz CT molecular complexity index is 348. The molecule has 1 rings (SSSR count). The Balaban J connectivity index is 0.00000196. The molecule has 0 aliphatic carbocycles. The maximum Gasteiger partial charge on any atom is 1.00 e. The van der Waals surface area contributed by atoms with Gasteiger partial charge in [-0.25, -0.2) is 8.42 Å². The maximum atomic E-state index is 11.0. The van der Waals surface area contributed by atoms with Gasteiger partial charge in [-0.05, 0) is 27.7 Å². The minimum absolute atomic E-state index is 0. The summed E-state index contributed by atoms with van der Waals surface area (Å²) in [6, 6.07) is 0. The Morgan fingerprint density at radius 1 is 1.27 bits per heavy atom. The van der Waals surface area contributed by atoms with Crippen molar-refractivity contribution < 1.29 is 52.4 Å². The van der Waals surface area contributed by atoms with E-state index in [1.165, 1.54) is 13.8 Å². The van der Waals surface area contributed by atoms with Crippen molar-refractivity contribution in [1.29, 1.82) is 0 Å². The number of ether oxygens (including phenoxy) is 1. The summed E-state index contributed by atoms with van der Waals surface area (Å²) in [7, 11) is -4.80. The predicted molar refractivity (Wildman–Crippen MR) is 48.5 cm³/mol. The molecule has 5 nitrogen and oxygen atoms in total. The molecule has 0 radical (unpaired) electrons. The number of rotatable bonds is 1. The molecule has 0 aromatic rings. The average Bonchev–Trinajstić information content (AvgIpc) is 1.94. The molecule has 1 aliphatic heterocycles. The van der Waals surface area contributed by atoms with Crippen molar-refractivity contribution in [2.45, 2.75) is 50.3 Å². The number of hydrogen-bond acceptors (Lipinski definition) is 5. The van der Waals surface area contributed by atoms with Crippen LogP contribution in [0.4, 0.5) is 0 Å². The molecule has 1 unspecified atom stereocenters. The molecule has 0 amide bonds. The fraction of sp³-hybridized carbons (Fsp3) is 1.00. The summed E-state index contributed by atoms with van der Waals surface area (Å²) in [6.45, 7) is 6.07. The van der Waals surface area contributed by atoms with Crippen LogP contribution in [0.3, 0.4) is 0 Å². The summed E-state index contributed by atoms with van der Waals surface area (Å²) in [4.78, 5) is -2.34. The third-order valence-electron chi connectivity index (χ3n) is 2.55. The summed E-state index contributed by atoms with van der Waals surface area (Å²) in [6.07, 6.45) is -0.209. The predicted octanol–water partition coefficient (Wildman–Crippen LogP) is -2.80. The van der Waals surface area contributed by atoms with Gasteiger partial charge in [0.1, 0.15) is 15.7 Å². The van der Waals surface area contributed by atoms with Crippen LogP contribution in [0.25, 0.3) is 0 Å². The largest absolute Gasteiger partial charge is 1.00 e. The van der Waals surface area contributed by atoms with Gasteiger partial charge in [0.15, 0.2) is 4.93 Å². The van der Waals surface area contributed by atoms with Gasteiger partial charge in [0.25, 0.3) is 0 Å². The molecule has 1 heterocycles. The van der Waals surface area contributed by atoms with Crippen LogP contribution >= 0.6 is 0 Å². The van der Waals surface area contributed by atoms with E-state index in [1.54, 1.807) is 13.8 Å². The van der Waals surface area contributed by atoms with Gasteiger partial charge < -0.3 is 14.4 Å². The Labute approximate surface area is 112 Å². The second-order valence-corrected chi connectivity index (χ2v) is 6.37. The van der Waals surface area contributed by atoms with Crippen molar-refractivity contribution in [3.8, 4) is 0 Å². The standard InChI is InChI=1S/C8H16O5S.Na/c1-6(2)5-8(9,14(10,11)12)7(3,4)13-6;/h9H,5H2,1-4H3,(H,10,11,12);/q;+1/p-1. The molecule has 1 N–H and O–H groups in total. The zero-order valence-electron chi connectivity index (χ0n) is 9.70. The van der Waals surface area contributed by atoms with Crippen LogP contribution in [-0.4, -0.2) is 34.2 Å². The molecule has 15 heavy (non-hydrogen) atoms. The summed E-state index contributed by atoms with van der Waals surface area (Å²) >= 11 is 0. The van der Waals surface area contributed by atoms with E-state index in [-0.39, 0.29) is 36.0 Å². The van der Waals surface area contributed by atoms with Crippen LogP contribution in [0.15, 0.2) is 0 Å². The second kappa shape index (κ2) is 3.94. The summed E-state index contributed by atoms with van der Waals surface area (Å²) in [5.41, 5.74) is -2.19.